The van der Waals surface area contributed by atoms with Gasteiger partial charge in [-0.2, -0.15) is 0 Å². The Morgan fingerprint density at radius 2 is 2.38 bits per heavy atom. The highest BCUT2D eigenvalue weighted by Crippen LogP contribution is 2.20. The number of hydrogen-bond acceptors (Lipinski definition) is 5. The zero-order valence-corrected chi connectivity index (χ0v) is 12.3. The third kappa shape index (κ3) is 2.90. The van der Waals surface area contributed by atoms with Gasteiger partial charge in [-0.1, -0.05) is 12.1 Å². The van der Waals surface area contributed by atoms with Gasteiger partial charge >= 0.3 is 5.97 Å². The quantitative estimate of drug-likeness (QED) is 0.594. The number of hydrogen-bond donors (Lipinski definition) is 1. The molecule has 3 rings (SSSR count). The number of rotatable bonds is 4. The molecule has 1 aromatic carbocycles. The first-order valence-electron chi connectivity index (χ1n) is 6.56. The Morgan fingerprint density at radius 3 is 3.14 bits per heavy atom. The molecule has 2 heterocycles. The van der Waals surface area contributed by atoms with E-state index in [4.69, 9.17) is 10.5 Å². The minimum absolute atomic E-state index is 0.180. The lowest BCUT2D eigenvalue weighted by Gasteiger charge is -2.11. The summed E-state index contributed by atoms with van der Waals surface area (Å²) in [5.41, 5.74) is 7.97. The standard InChI is InChI=1S/C15H15N3O2S/c1-10(11-3-2-4-12(16)7-11)14(19)20-9-13-8-18-5-6-21-15(18)17-13/h2-8,10H,9,16H2,1H3. The molecule has 0 aliphatic carbocycles. The molecule has 108 valence electrons. The van der Waals surface area contributed by atoms with Crippen LogP contribution in [0.3, 0.4) is 0 Å². The number of nitrogens with zero attached hydrogens (tertiary/aromatic N) is 2. The minimum Gasteiger partial charge on any atom is -0.459 e. The molecule has 0 radical (unpaired) electrons. The molecule has 0 fully saturated rings. The molecule has 0 spiro atoms. The van der Waals surface area contributed by atoms with Crippen molar-refractivity contribution in [3.63, 3.8) is 0 Å². The first kappa shape index (κ1) is 13.6. The lowest BCUT2D eigenvalue weighted by molar-refractivity contribution is -0.146. The molecule has 2 N–H and O–H groups in total. The summed E-state index contributed by atoms with van der Waals surface area (Å²) in [6.45, 7) is 1.99. The molecule has 1 atom stereocenters. The van der Waals surface area contributed by atoms with Gasteiger partial charge in [0.15, 0.2) is 4.96 Å². The van der Waals surface area contributed by atoms with Crippen molar-refractivity contribution in [2.45, 2.75) is 19.4 Å². The smallest absolute Gasteiger partial charge is 0.313 e. The molecule has 0 aliphatic heterocycles. The number of anilines is 1. The van der Waals surface area contributed by atoms with Crippen molar-refractivity contribution in [3.05, 3.63) is 53.3 Å². The van der Waals surface area contributed by atoms with Gasteiger partial charge in [-0.3, -0.25) is 9.20 Å². The van der Waals surface area contributed by atoms with Crippen molar-refractivity contribution in [3.8, 4) is 0 Å². The van der Waals surface area contributed by atoms with E-state index in [-0.39, 0.29) is 18.5 Å². The predicted octanol–water partition coefficient (Wildman–Crippen LogP) is 2.82. The average Bonchev–Trinajstić information content (AvgIpc) is 3.05. The highest BCUT2D eigenvalue weighted by Gasteiger charge is 2.17. The Balaban J connectivity index is 1.64. The Bertz CT molecular complexity index is 749. The Morgan fingerprint density at radius 1 is 1.52 bits per heavy atom. The summed E-state index contributed by atoms with van der Waals surface area (Å²) >= 11 is 1.54. The first-order chi connectivity index (χ1) is 10.1. The molecule has 5 nitrogen and oxygen atoms in total. The summed E-state index contributed by atoms with van der Waals surface area (Å²) in [5.74, 6) is -0.630. The Labute approximate surface area is 126 Å². The zero-order chi connectivity index (χ0) is 14.8. The van der Waals surface area contributed by atoms with Crippen LogP contribution in [0.1, 0.15) is 24.1 Å². The summed E-state index contributed by atoms with van der Waals surface area (Å²) in [6.07, 6.45) is 3.79. The van der Waals surface area contributed by atoms with Crippen molar-refractivity contribution in [1.82, 2.24) is 9.38 Å². The number of carbonyl (C=O) groups excluding carboxylic acids is 1. The number of nitrogen functional groups attached to an aromatic ring is 1. The van der Waals surface area contributed by atoms with E-state index in [0.717, 1.165) is 16.2 Å². The fourth-order valence-corrected chi connectivity index (χ4v) is 2.80. The molecule has 0 amide bonds. The number of carbonyl (C=O) groups is 1. The molecule has 0 aliphatic rings. The molecular formula is C15H15N3O2S. The fourth-order valence-electron chi connectivity index (χ4n) is 2.08. The van der Waals surface area contributed by atoms with Crippen LogP contribution in [0.4, 0.5) is 5.69 Å². The van der Waals surface area contributed by atoms with E-state index in [1.807, 2.05) is 41.2 Å². The number of imidazole rings is 1. The predicted molar refractivity (Wildman–Crippen MR) is 82.1 cm³/mol. The molecule has 3 aromatic rings. The number of ether oxygens (including phenoxy) is 1. The highest BCUT2D eigenvalue weighted by atomic mass is 32.1. The van der Waals surface area contributed by atoms with Crippen molar-refractivity contribution < 1.29 is 9.53 Å². The van der Waals surface area contributed by atoms with Crippen LogP contribution in [0.25, 0.3) is 4.96 Å². The number of aromatic nitrogens is 2. The maximum atomic E-state index is 12.1. The van der Waals surface area contributed by atoms with Crippen molar-refractivity contribution in [1.29, 1.82) is 0 Å². The second-order valence-corrected chi connectivity index (χ2v) is 5.70. The van der Waals surface area contributed by atoms with Gasteiger partial charge in [0, 0.05) is 23.5 Å². The van der Waals surface area contributed by atoms with Gasteiger partial charge in [0.1, 0.15) is 6.61 Å². The van der Waals surface area contributed by atoms with Crippen LogP contribution in [-0.4, -0.2) is 15.4 Å². The minimum atomic E-state index is -0.350. The van der Waals surface area contributed by atoms with Gasteiger partial charge in [0.05, 0.1) is 11.6 Å². The topological polar surface area (TPSA) is 69.6 Å². The molecule has 6 heteroatoms. The van der Waals surface area contributed by atoms with Crippen molar-refractivity contribution in [2.75, 3.05) is 5.73 Å². The van der Waals surface area contributed by atoms with E-state index >= 15 is 0 Å². The second kappa shape index (κ2) is 5.57. The first-order valence-corrected chi connectivity index (χ1v) is 7.44. The monoisotopic (exact) mass is 301 g/mol. The van der Waals surface area contributed by atoms with E-state index in [2.05, 4.69) is 4.98 Å². The van der Waals surface area contributed by atoms with E-state index < -0.39 is 0 Å². The van der Waals surface area contributed by atoms with Crippen LogP contribution in [0, 0.1) is 0 Å². The highest BCUT2D eigenvalue weighted by molar-refractivity contribution is 7.15. The average molecular weight is 301 g/mol. The van der Waals surface area contributed by atoms with Crippen LogP contribution >= 0.6 is 11.3 Å². The molecule has 1 unspecified atom stereocenters. The van der Waals surface area contributed by atoms with Crippen molar-refractivity contribution in [2.24, 2.45) is 0 Å². The summed E-state index contributed by atoms with van der Waals surface area (Å²) < 4.78 is 7.24. The van der Waals surface area contributed by atoms with Crippen LogP contribution in [-0.2, 0) is 16.1 Å². The van der Waals surface area contributed by atoms with Crippen molar-refractivity contribution >= 4 is 28.0 Å². The summed E-state index contributed by atoms with van der Waals surface area (Å²) in [6, 6.07) is 7.28. The third-order valence-corrected chi connectivity index (χ3v) is 4.04. The lowest BCUT2D eigenvalue weighted by Crippen LogP contribution is -2.13. The van der Waals surface area contributed by atoms with E-state index in [9.17, 15) is 4.79 Å². The maximum absolute atomic E-state index is 12.1. The number of nitrogens with two attached hydrogens (primary N) is 1. The van der Waals surface area contributed by atoms with Crippen LogP contribution in [0.2, 0.25) is 0 Å². The van der Waals surface area contributed by atoms with Gasteiger partial charge in [-0.15, -0.1) is 11.3 Å². The Hall–Kier alpha value is -2.34. The Kier molecular flexibility index (Phi) is 3.62. The summed E-state index contributed by atoms with van der Waals surface area (Å²) in [4.78, 5) is 17.4. The third-order valence-electron chi connectivity index (χ3n) is 3.27. The molecule has 21 heavy (non-hydrogen) atoms. The summed E-state index contributed by atoms with van der Waals surface area (Å²) in [7, 11) is 0. The van der Waals surface area contributed by atoms with Crippen LogP contribution in [0.5, 0.6) is 0 Å². The van der Waals surface area contributed by atoms with Gasteiger partial charge in [0.25, 0.3) is 0 Å². The molecule has 2 aromatic heterocycles. The van der Waals surface area contributed by atoms with E-state index in [1.165, 1.54) is 0 Å². The van der Waals surface area contributed by atoms with E-state index in [1.54, 1.807) is 23.5 Å². The normalized spacial score (nSPS) is 12.4. The zero-order valence-electron chi connectivity index (χ0n) is 11.5. The number of fused-ring (bicyclic) bond motifs is 1. The molecular weight excluding hydrogens is 286 g/mol. The largest absolute Gasteiger partial charge is 0.459 e. The van der Waals surface area contributed by atoms with Gasteiger partial charge in [-0.05, 0) is 24.6 Å². The molecule has 0 bridgehead atoms. The van der Waals surface area contributed by atoms with Crippen LogP contribution < -0.4 is 5.73 Å². The number of esters is 1. The van der Waals surface area contributed by atoms with Gasteiger partial charge in [0.2, 0.25) is 0 Å². The SMILES string of the molecule is CC(C(=O)OCc1cn2ccsc2n1)c1cccc(N)c1. The number of thiazole rings is 1. The van der Waals surface area contributed by atoms with Gasteiger partial charge < -0.3 is 10.5 Å². The molecule has 0 saturated heterocycles. The van der Waals surface area contributed by atoms with Gasteiger partial charge in [-0.25, -0.2) is 4.98 Å². The second-order valence-electron chi connectivity index (χ2n) is 4.82. The van der Waals surface area contributed by atoms with E-state index in [0.29, 0.717) is 5.69 Å². The maximum Gasteiger partial charge on any atom is 0.313 e. The fraction of sp³-hybridized carbons (Fsp3) is 0.200. The lowest BCUT2D eigenvalue weighted by atomic mass is 10.0. The number of benzene rings is 1. The summed E-state index contributed by atoms with van der Waals surface area (Å²) in [5, 5.41) is 1.96. The molecule has 0 saturated carbocycles. The van der Waals surface area contributed by atoms with Crippen LogP contribution in [0.15, 0.2) is 42.0 Å².